The molecule has 0 bridgehead atoms. The van der Waals surface area contributed by atoms with Gasteiger partial charge in [0.25, 0.3) is 5.91 Å². The molecule has 0 saturated carbocycles. The number of carbonyl (C=O) groups is 2. The fourth-order valence-electron chi connectivity index (χ4n) is 1.47. The summed E-state index contributed by atoms with van der Waals surface area (Å²) in [6, 6.07) is 7.12. The van der Waals surface area contributed by atoms with Crippen molar-refractivity contribution in [3.05, 3.63) is 46.5 Å². The minimum atomic E-state index is -0.145. The van der Waals surface area contributed by atoms with Crippen molar-refractivity contribution in [2.75, 3.05) is 6.54 Å². The van der Waals surface area contributed by atoms with Gasteiger partial charge in [-0.05, 0) is 23.6 Å². The van der Waals surface area contributed by atoms with Crippen LogP contribution in [0.1, 0.15) is 21.9 Å². The Morgan fingerprint density at radius 3 is 2.79 bits per heavy atom. The average Bonchev–Trinajstić information content (AvgIpc) is 3.09. The summed E-state index contributed by atoms with van der Waals surface area (Å²) in [5.74, 6) is 0.438. The van der Waals surface area contributed by atoms with Gasteiger partial charge in [-0.3, -0.25) is 9.59 Å². The van der Waals surface area contributed by atoms with Crippen molar-refractivity contribution in [2.45, 2.75) is 13.0 Å². The Balaban J connectivity index is 1.63. The van der Waals surface area contributed by atoms with Crippen LogP contribution >= 0.6 is 11.3 Å². The van der Waals surface area contributed by atoms with Crippen LogP contribution in [0.25, 0.3) is 0 Å². The molecule has 0 radical (unpaired) electrons. The van der Waals surface area contributed by atoms with E-state index in [0.29, 0.717) is 23.7 Å². The van der Waals surface area contributed by atoms with E-state index < -0.39 is 0 Å². The Kier molecular flexibility index (Phi) is 4.74. The van der Waals surface area contributed by atoms with Crippen molar-refractivity contribution >= 4 is 23.2 Å². The highest BCUT2D eigenvalue weighted by Gasteiger charge is 2.07. The van der Waals surface area contributed by atoms with E-state index in [9.17, 15) is 9.59 Å². The molecule has 100 valence electrons. The Hall–Kier alpha value is -2.08. The second kappa shape index (κ2) is 6.75. The maximum absolute atomic E-state index is 11.6. The van der Waals surface area contributed by atoms with E-state index in [1.54, 1.807) is 24.5 Å². The number of rotatable bonds is 6. The van der Waals surface area contributed by atoms with E-state index in [0.717, 1.165) is 0 Å². The molecule has 6 heteroatoms. The van der Waals surface area contributed by atoms with Crippen LogP contribution in [0.2, 0.25) is 0 Å². The van der Waals surface area contributed by atoms with Crippen LogP contribution in [0.15, 0.2) is 40.3 Å². The lowest BCUT2D eigenvalue weighted by Crippen LogP contribution is -2.30. The summed E-state index contributed by atoms with van der Waals surface area (Å²) < 4.78 is 5.09. The zero-order valence-electron chi connectivity index (χ0n) is 10.2. The van der Waals surface area contributed by atoms with Gasteiger partial charge in [0.15, 0.2) is 0 Å². The third-order valence-electron chi connectivity index (χ3n) is 2.42. The van der Waals surface area contributed by atoms with Gasteiger partial charge in [-0.15, -0.1) is 11.3 Å². The molecule has 2 N–H and O–H groups in total. The van der Waals surface area contributed by atoms with Crippen LogP contribution in [-0.4, -0.2) is 18.4 Å². The van der Waals surface area contributed by atoms with Gasteiger partial charge >= 0.3 is 0 Å². The molecule has 0 aromatic carbocycles. The van der Waals surface area contributed by atoms with Crippen molar-refractivity contribution in [3.63, 3.8) is 0 Å². The SMILES string of the molecule is O=C(CCNC(=O)c1cccs1)NCc1ccco1. The van der Waals surface area contributed by atoms with Gasteiger partial charge in [0, 0.05) is 13.0 Å². The normalized spacial score (nSPS) is 10.1. The number of amides is 2. The van der Waals surface area contributed by atoms with Gasteiger partial charge in [0.1, 0.15) is 5.76 Å². The minimum Gasteiger partial charge on any atom is -0.467 e. The molecule has 19 heavy (non-hydrogen) atoms. The first-order chi connectivity index (χ1) is 9.25. The lowest BCUT2D eigenvalue weighted by Gasteiger charge is -2.04. The Morgan fingerprint density at radius 1 is 1.21 bits per heavy atom. The van der Waals surface area contributed by atoms with Crippen LogP contribution in [0.3, 0.4) is 0 Å². The van der Waals surface area contributed by atoms with Crippen molar-refractivity contribution < 1.29 is 14.0 Å². The van der Waals surface area contributed by atoms with Gasteiger partial charge < -0.3 is 15.1 Å². The molecule has 0 atom stereocenters. The summed E-state index contributed by atoms with van der Waals surface area (Å²) in [5, 5.41) is 7.25. The Morgan fingerprint density at radius 2 is 2.11 bits per heavy atom. The summed E-state index contributed by atoms with van der Waals surface area (Å²) in [5.41, 5.74) is 0. The first kappa shape index (κ1) is 13.4. The zero-order valence-corrected chi connectivity index (χ0v) is 11.0. The van der Waals surface area contributed by atoms with E-state index >= 15 is 0 Å². The van der Waals surface area contributed by atoms with E-state index in [-0.39, 0.29) is 18.2 Å². The standard InChI is InChI=1S/C13H14N2O3S/c16-12(15-9-10-3-1-7-18-10)5-6-14-13(17)11-4-2-8-19-11/h1-4,7-8H,5-6,9H2,(H,14,17)(H,15,16). The number of hydrogen-bond acceptors (Lipinski definition) is 4. The summed E-state index contributed by atoms with van der Waals surface area (Å²) >= 11 is 1.37. The first-order valence-electron chi connectivity index (χ1n) is 5.86. The number of hydrogen-bond donors (Lipinski definition) is 2. The summed E-state index contributed by atoms with van der Waals surface area (Å²) in [6.07, 6.45) is 1.81. The minimum absolute atomic E-state index is 0.122. The monoisotopic (exact) mass is 278 g/mol. The van der Waals surface area contributed by atoms with Crippen molar-refractivity contribution in [3.8, 4) is 0 Å². The molecule has 2 aromatic rings. The summed E-state index contributed by atoms with van der Waals surface area (Å²) in [6.45, 7) is 0.686. The molecule has 0 saturated heterocycles. The molecule has 0 fully saturated rings. The van der Waals surface area contributed by atoms with Crippen LogP contribution < -0.4 is 10.6 Å². The summed E-state index contributed by atoms with van der Waals surface area (Å²) in [4.78, 5) is 23.7. The molecule has 0 aliphatic heterocycles. The average molecular weight is 278 g/mol. The van der Waals surface area contributed by atoms with Gasteiger partial charge in [0.05, 0.1) is 17.7 Å². The molecule has 0 unspecified atom stereocenters. The molecule has 5 nitrogen and oxygen atoms in total. The van der Waals surface area contributed by atoms with Gasteiger partial charge in [-0.1, -0.05) is 6.07 Å². The van der Waals surface area contributed by atoms with E-state index in [1.165, 1.54) is 11.3 Å². The quantitative estimate of drug-likeness (QED) is 0.846. The van der Waals surface area contributed by atoms with Gasteiger partial charge in [-0.25, -0.2) is 0 Å². The van der Waals surface area contributed by atoms with E-state index in [4.69, 9.17) is 4.42 Å². The van der Waals surface area contributed by atoms with Crippen molar-refractivity contribution in [2.24, 2.45) is 0 Å². The second-order valence-corrected chi connectivity index (χ2v) is 4.79. The Bertz CT molecular complexity index is 520. The molecular weight excluding hydrogens is 264 g/mol. The van der Waals surface area contributed by atoms with Gasteiger partial charge in [-0.2, -0.15) is 0 Å². The molecule has 2 rings (SSSR count). The number of thiophene rings is 1. The van der Waals surface area contributed by atoms with Crippen LogP contribution in [0.5, 0.6) is 0 Å². The predicted octanol–water partition coefficient (Wildman–Crippen LogP) is 1.78. The molecule has 0 aliphatic carbocycles. The molecule has 0 aliphatic rings. The maximum atomic E-state index is 11.6. The number of furan rings is 1. The molecule has 2 heterocycles. The van der Waals surface area contributed by atoms with Crippen LogP contribution in [0.4, 0.5) is 0 Å². The number of carbonyl (C=O) groups excluding carboxylic acids is 2. The molecule has 2 aromatic heterocycles. The van der Waals surface area contributed by atoms with E-state index in [2.05, 4.69) is 10.6 Å². The van der Waals surface area contributed by atoms with Crippen molar-refractivity contribution in [1.29, 1.82) is 0 Å². The highest BCUT2D eigenvalue weighted by molar-refractivity contribution is 7.12. The third-order valence-corrected chi connectivity index (χ3v) is 3.29. The zero-order chi connectivity index (χ0) is 13.5. The molecular formula is C13H14N2O3S. The molecule has 0 spiro atoms. The largest absolute Gasteiger partial charge is 0.467 e. The highest BCUT2D eigenvalue weighted by atomic mass is 32.1. The van der Waals surface area contributed by atoms with E-state index in [1.807, 2.05) is 11.4 Å². The first-order valence-corrected chi connectivity index (χ1v) is 6.74. The fourth-order valence-corrected chi connectivity index (χ4v) is 2.11. The number of nitrogens with one attached hydrogen (secondary N) is 2. The maximum Gasteiger partial charge on any atom is 0.261 e. The smallest absolute Gasteiger partial charge is 0.261 e. The van der Waals surface area contributed by atoms with Crippen LogP contribution in [-0.2, 0) is 11.3 Å². The summed E-state index contributed by atoms with van der Waals surface area (Å²) in [7, 11) is 0. The Labute approximate surface area is 114 Å². The lowest BCUT2D eigenvalue weighted by molar-refractivity contribution is -0.121. The van der Waals surface area contributed by atoms with Gasteiger partial charge in [0.2, 0.25) is 5.91 Å². The highest BCUT2D eigenvalue weighted by Crippen LogP contribution is 2.07. The lowest BCUT2D eigenvalue weighted by atomic mass is 10.3. The predicted molar refractivity (Wildman–Crippen MR) is 71.8 cm³/mol. The second-order valence-electron chi connectivity index (χ2n) is 3.84. The van der Waals surface area contributed by atoms with Crippen LogP contribution in [0, 0.1) is 0 Å². The fraction of sp³-hybridized carbons (Fsp3) is 0.231. The topological polar surface area (TPSA) is 71.3 Å². The molecule has 2 amide bonds. The third kappa shape index (κ3) is 4.26. The van der Waals surface area contributed by atoms with Crippen molar-refractivity contribution in [1.82, 2.24) is 10.6 Å².